The van der Waals surface area contributed by atoms with Crippen LogP contribution in [0.4, 0.5) is 15.8 Å². The molecule has 1 aliphatic rings. The van der Waals surface area contributed by atoms with Gasteiger partial charge in [-0.15, -0.1) is 0 Å². The van der Waals surface area contributed by atoms with Gasteiger partial charge in [-0.05, 0) is 18.9 Å². The molecule has 86 valence electrons. The average molecular weight is 226 g/mol. The molecule has 0 spiro atoms. The molecule has 0 atom stereocenters. The van der Waals surface area contributed by atoms with E-state index < -0.39 is 10.7 Å². The van der Waals surface area contributed by atoms with Gasteiger partial charge in [-0.2, -0.15) is 0 Å². The van der Waals surface area contributed by atoms with Crippen molar-refractivity contribution in [3.8, 4) is 0 Å². The van der Waals surface area contributed by atoms with Crippen molar-refractivity contribution < 1.29 is 14.4 Å². The molecule has 16 heavy (non-hydrogen) atoms. The lowest BCUT2D eigenvalue weighted by atomic mass is 9.89. The number of aliphatic hydroxyl groups excluding tert-OH is 1. The van der Waals surface area contributed by atoms with Gasteiger partial charge in [0.1, 0.15) is 11.5 Å². The van der Waals surface area contributed by atoms with E-state index in [1.54, 1.807) is 0 Å². The molecule has 0 amide bonds. The number of hydrogen-bond donors (Lipinski definition) is 2. The van der Waals surface area contributed by atoms with E-state index in [0.717, 1.165) is 18.2 Å². The number of hydrogen-bond acceptors (Lipinski definition) is 4. The first-order chi connectivity index (χ1) is 7.56. The number of halogens is 1. The first kappa shape index (κ1) is 10.8. The van der Waals surface area contributed by atoms with E-state index in [4.69, 9.17) is 5.11 Å². The van der Waals surface area contributed by atoms with Crippen molar-refractivity contribution in [3.05, 3.63) is 34.1 Å². The van der Waals surface area contributed by atoms with Crippen LogP contribution in [0.25, 0.3) is 0 Å². The maximum absolute atomic E-state index is 12.9. The third-order valence-electron chi connectivity index (χ3n) is 2.63. The molecule has 6 heteroatoms. The van der Waals surface area contributed by atoms with Crippen LogP contribution in [0.2, 0.25) is 0 Å². The fraction of sp³-hybridized carbons (Fsp3) is 0.400. The molecule has 0 bridgehead atoms. The third-order valence-corrected chi connectivity index (χ3v) is 2.63. The highest BCUT2D eigenvalue weighted by atomic mass is 19.1. The van der Waals surface area contributed by atoms with Gasteiger partial charge < -0.3 is 10.4 Å². The van der Waals surface area contributed by atoms with Crippen LogP contribution in [0.3, 0.4) is 0 Å². The molecule has 2 N–H and O–H groups in total. The summed E-state index contributed by atoms with van der Waals surface area (Å²) in [7, 11) is 0. The normalized spacial score (nSPS) is 23.6. The van der Waals surface area contributed by atoms with Crippen LogP contribution in [0.15, 0.2) is 18.2 Å². The molecule has 1 fully saturated rings. The standard InChI is InChI=1S/C10H11FN2O3/c11-6-1-2-10(13(15)16)9(3-6)12-7-4-8(14)5-7/h1-3,7-8,12,14H,4-5H2. The number of nitrogens with one attached hydrogen (secondary N) is 1. The molecule has 0 aliphatic heterocycles. The zero-order valence-electron chi connectivity index (χ0n) is 8.39. The van der Waals surface area contributed by atoms with Gasteiger partial charge in [0.25, 0.3) is 5.69 Å². The van der Waals surface area contributed by atoms with Crippen molar-refractivity contribution >= 4 is 11.4 Å². The Bertz CT molecular complexity index is 419. The topological polar surface area (TPSA) is 75.4 Å². The molecule has 1 aromatic rings. The zero-order chi connectivity index (χ0) is 11.7. The van der Waals surface area contributed by atoms with Crippen molar-refractivity contribution in [3.63, 3.8) is 0 Å². The van der Waals surface area contributed by atoms with Crippen LogP contribution in [0, 0.1) is 15.9 Å². The lowest BCUT2D eigenvalue weighted by Crippen LogP contribution is -2.39. The molecule has 0 saturated heterocycles. The number of nitrogens with zero attached hydrogens (tertiary/aromatic N) is 1. The highest BCUT2D eigenvalue weighted by molar-refractivity contribution is 5.62. The predicted molar refractivity (Wildman–Crippen MR) is 55.7 cm³/mol. The summed E-state index contributed by atoms with van der Waals surface area (Å²) in [5.74, 6) is -0.520. The van der Waals surface area contributed by atoms with E-state index in [1.165, 1.54) is 0 Å². The predicted octanol–water partition coefficient (Wildman–Crippen LogP) is 1.67. The van der Waals surface area contributed by atoms with Crippen molar-refractivity contribution in [1.29, 1.82) is 0 Å². The molecule has 1 saturated carbocycles. The Balaban J connectivity index is 2.17. The summed E-state index contributed by atoms with van der Waals surface area (Å²) in [6.45, 7) is 0. The van der Waals surface area contributed by atoms with Crippen molar-refractivity contribution in [2.45, 2.75) is 25.0 Å². The first-order valence-electron chi connectivity index (χ1n) is 4.95. The Morgan fingerprint density at radius 3 is 2.75 bits per heavy atom. The fourth-order valence-corrected chi connectivity index (χ4v) is 1.71. The minimum Gasteiger partial charge on any atom is -0.393 e. The van der Waals surface area contributed by atoms with Gasteiger partial charge in [0, 0.05) is 18.2 Å². The van der Waals surface area contributed by atoms with Crippen LogP contribution >= 0.6 is 0 Å². The zero-order valence-corrected chi connectivity index (χ0v) is 8.39. The molecule has 0 unspecified atom stereocenters. The summed E-state index contributed by atoms with van der Waals surface area (Å²) < 4.78 is 12.9. The Labute approximate surface area is 91.0 Å². The maximum Gasteiger partial charge on any atom is 0.292 e. The van der Waals surface area contributed by atoms with E-state index in [-0.39, 0.29) is 23.5 Å². The third kappa shape index (κ3) is 2.11. The smallest absolute Gasteiger partial charge is 0.292 e. The second kappa shape index (κ2) is 4.05. The number of aliphatic hydroxyl groups is 1. The summed E-state index contributed by atoms with van der Waals surface area (Å²) >= 11 is 0. The van der Waals surface area contributed by atoms with Crippen LogP contribution in [-0.2, 0) is 0 Å². The van der Waals surface area contributed by atoms with Crippen LogP contribution in [-0.4, -0.2) is 22.2 Å². The summed E-state index contributed by atoms with van der Waals surface area (Å²) in [6.07, 6.45) is 0.714. The highest BCUT2D eigenvalue weighted by Crippen LogP contribution is 2.30. The van der Waals surface area contributed by atoms with E-state index in [0.29, 0.717) is 12.8 Å². The Morgan fingerprint density at radius 1 is 1.50 bits per heavy atom. The van der Waals surface area contributed by atoms with Crippen molar-refractivity contribution in [1.82, 2.24) is 0 Å². The molecule has 1 aliphatic carbocycles. The number of rotatable bonds is 3. The van der Waals surface area contributed by atoms with Crippen molar-refractivity contribution in [2.75, 3.05) is 5.32 Å². The maximum atomic E-state index is 12.9. The lowest BCUT2D eigenvalue weighted by Gasteiger charge is -2.32. The summed E-state index contributed by atoms with van der Waals surface area (Å²) in [5, 5.41) is 22.6. The summed E-state index contributed by atoms with van der Waals surface area (Å²) in [5.41, 5.74) is 0.0182. The molecular weight excluding hydrogens is 215 g/mol. The second-order valence-electron chi connectivity index (χ2n) is 3.89. The Kier molecular flexibility index (Phi) is 2.74. The molecule has 0 heterocycles. The fourth-order valence-electron chi connectivity index (χ4n) is 1.71. The molecule has 1 aromatic carbocycles. The van der Waals surface area contributed by atoms with Crippen LogP contribution in [0.1, 0.15) is 12.8 Å². The van der Waals surface area contributed by atoms with Crippen LogP contribution < -0.4 is 5.32 Å². The number of anilines is 1. The van der Waals surface area contributed by atoms with Gasteiger partial charge >= 0.3 is 0 Å². The lowest BCUT2D eigenvalue weighted by molar-refractivity contribution is -0.384. The summed E-state index contributed by atoms with van der Waals surface area (Å²) in [6, 6.07) is 3.27. The second-order valence-corrected chi connectivity index (χ2v) is 3.89. The minimum atomic E-state index is -0.559. The number of nitro groups is 1. The van der Waals surface area contributed by atoms with Gasteiger partial charge in [-0.1, -0.05) is 0 Å². The molecule has 2 rings (SSSR count). The largest absolute Gasteiger partial charge is 0.393 e. The van der Waals surface area contributed by atoms with Gasteiger partial charge in [-0.3, -0.25) is 10.1 Å². The van der Waals surface area contributed by atoms with Crippen LogP contribution in [0.5, 0.6) is 0 Å². The van der Waals surface area contributed by atoms with Gasteiger partial charge in [0.2, 0.25) is 0 Å². The number of benzene rings is 1. The van der Waals surface area contributed by atoms with E-state index in [9.17, 15) is 14.5 Å². The number of nitro benzene ring substituents is 1. The molecular formula is C10H11FN2O3. The first-order valence-corrected chi connectivity index (χ1v) is 4.95. The summed E-state index contributed by atoms with van der Waals surface area (Å²) in [4.78, 5) is 10.1. The van der Waals surface area contributed by atoms with E-state index >= 15 is 0 Å². The quantitative estimate of drug-likeness (QED) is 0.607. The molecule has 0 aromatic heterocycles. The SMILES string of the molecule is O=[N+]([O-])c1ccc(F)cc1NC1CC(O)C1. The van der Waals surface area contributed by atoms with E-state index in [1.807, 2.05) is 0 Å². The molecule has 5 nitrogen and oxygen atoms in total. The average Bonchev–Trinajstić information content (AvgIpc) is 2.15. The Morgan fingerprint density at radius 2 is 2.19 bits per heavy atom. The minimum absolute atomic E-state index is 0.0181. The van der Waals surface area contributed by atoms with Crippen molar-refractivity contribution in [2.24, 2.45) is 0 Å². The molecule has 0 radical (unpaired) electrons. The van der Waals surface area contributed by atoms with Gasteiger partial charge in [0.05, 0.1) is 11.0 Å². The Hall–Kier alpha value is -1.69. The van der Waals surface area contributed by atoms with Gasteiger partial charge in [0.15, 0.2) is 0 Å². The highest BCUT2D eigenvalue weighted by Gasteiger charge is 2.28. The van der Waals surface area contributed by atoms with Gasteiger partial charge in [-0.25, -0.2) is 4.39 Å². The monoisotopic (exact) mass is 226 g/mol. The van der Waals surface area contributed by atoms with E-state index in [2.05, 4.69) is 5.32 Å².